The lowest BCUT2D eigenvalue weighted by atomic mass is 10.2. The first-order chi connectivity index (χ1) is 14.7. The number of hydrazine groups is 1. The lowest BCUT2D eigenvalue weighted by Gasteiger charge is -2.25. The zero-order valence-electron chi connectivity index (χ0n) is 16.0. The number of rotatable bonds is 5. The second-order valence-corrected chi connectivity index (χ2v) is 8.41. The Morgan fingerprint density at radius 2 is 1.87 bits per heavy atom. The third kappa shape index (κ3) is 5.12. The molecule has 154 valence electrons. The highest BCUT2D eigenvalue weighted by atomic mass is 32.1. The summed E-state index contributed by atoms with van der Waals surface area (Å²) in [6, 6.07) is 14.0. The van der Waals surface area contributed by atoms with Crippen molar-refractivity contribution in [1.82, 2.24) is 15.8 Å². The molecule has 3 aromatic rings. The number of amides is 2. The molecule has 30 heavy (non-hydrogen) atoms. The van der Waals surface area contributed by atoms with Crippen molar-refractivity contribution in [2.75, 3.05) is 31.2 Å². The van der Waals surface area contributed by atoms with Gasteiger partial charge in [0.2, 0.25) is 0 Å². The number of nitrogens with zero attached hydrogens (tertiary/aromatic N) is 2. The molecule has 1 fully saturated rings. The molecule has 0 aliphatic carbocycles. The van der Waals surface area contributed by atoms with E-state index in [9.17, 15) is 9.59 Å². The highest BCUT2D eigenvalue weighted by molar-refractivity contribution is 7.16. The Labute approximate surface area is 182 Å². The van der Waals surface area contributed by atoms with Crippen LogP contribution in [0.4, 0.5) is 5.13 Å². The Morgan fingerprint density at radius 1 is 1.07 bits per heavy atom. The van der Waals surface area contributed by atoms with E-state index < -0.39 is 11.8 Å². The van der Waals surface area contributed by atoms with Gasteiger partial charge in [-0.15, -0.1) is 22.7 Å². The van der Waals surface area contributed by atoms with Gasteiger partial charge in [-0.25, -0.2) is 4.98 Å². The van der Waals surface area contributed by atoms with Gasteiger partial charge in [0.15, 0.2) is 5.13 Å². The number of benzene rings is 1. The van der Waals surface area contributed by atoms with Crippen molar-refractivity contribution in [3.8, 4) is 10.4 Å². The van der Waals surface area contributed by atoms with Crippen LogP contribution in [-0.2, 0) is 9.53 Å². The molecule has 9 heteroatoms. The van der Waals surface area contributed by atoms with E-state index in [0.717, 1.165) is 33.5 Å². The monoisotopic (exact) mass is 440 g/mol. The fourth-order valence-electron chi connectivity index (χ4n) is 2.85. The number of hydrogen-bond acceptors (Lipinski definition) is 7. The molecular formula is C21H20N4O3S2. The molecule has 0 atom stereocenters. The van der Waals surface area contributed by atoms with E-state index in [2.05, 4.69) is 20.7 Å². The maximum Gasteiger partial charge on any atom is 0.289 e. The van der Waals surface area contributed by atoms with E-state index in [4.69, 9.17) is 4.74 Å². The Hall–Kier alpha value is -3.01. The fraction of sp³-hybridized carbons (Fsp3) is 0.190. The molecule has 1 aromatic carbocycles. The average Bonchev–Trinajstić information content (AvgIpc) is 3.47. The van der Waals surface area contributed by atoms with E-state index >= 15 is 0 Å². The predicted octanol–water partition coefficient (Wildman–Crippen LogP) is 3.18. The van der Waals surface area contributed by atoms with Crippen LogP contribution in [0.3, 0.4) is 0 Å². The van der Waals surface area contributed by atoms with Gasteiger partial charge in [0.25, 0.3) is 11.8 Å². The summed E-state index contributed by atoms with van der Waals surface area (Å²) in [5, 5.41) is 2.46. The van der Waals surface area contributed by atoms with Gasteiger partial charge in [-0.3, -0.25) is 20.4 Å². The smallest absolute Gasteiger partial charge is 0.289 e. The number of aromatic nitrogens is 1. The molecule has 0 spiro atoms. The molecule has 1 aliphatic rings. The summed E-state index contributed by atoms with van der Waals surface area (Å²) in [5.74, 6) is -0.864. The number of morpholine rings is 1. The van der Waals surface area contributed by atoms with Crippen molar-refractivity contribution in [1.29, 1.82) is 0 Å². The lowest BCUT2D eigenvalue weighted by Crippen LogP contribution is -2.41. The molecule has 0 radical (unpaired) electrons. The second kappa shape index (κ2) is 9.66. The summed E-state index contributed by atoms with van der Waals surface area (Å²) in [6.45, 7) is 2.82. The van der Waals surface area contributed by atoms with E-state index in [1.165, 1.54) is 17.4 Å². The maximum absolute atomic E-state index is 12.2. The molecule has 3 heterocycles. The van der Waals surface area contributed by atoms with Crippen LogP contribution in [0.15, 0.2) is 53.9 Å². The van der Waals surface area contributed by atoms with Crippen molar-refractivity contribution >= 4 is 45.7 Å². The number of carbonyl (C=O) groups excluding carboxylic acids is 2. The summed E-state index contributed by atoms with van der Waals surface area (Å²) in [6.07, 6.45) is 3.11. The first kappa shape index (κ1) is 20.3. The fourth-order valence-corrected chi connectivity index (χ4v) is 4.63. The van der Waals surface area contributed by atoms with Crippen molar-refractivity contribution in [2.24, 2.45) is 0 Å². The molecule has 2 amide bonds. The minimum absolute atomic E-state index is 0.275. The van der Waals surface area contributed by atoms with Gasteiger partial charge in [0.05, 0.1) is 13.2 Å². The van der Waals surface area contributed by atoms with Gasteiger partial charge in [-0.1, -0.05) is 30.3 Å². The van der Waals surface area contributed by atoms with Crippen molar-refractivity contribution in [3.63, 3.8) is 0 Å². The van der Waals surface area contributed by atoms with Crippen LogP contribution in [-0.4, -0.2) is 43.1 Å². The zero-order valence-corrected chi connectivity index (χ0v) is 17.7. The number of thiophene rings is 1. The minimum atomic E-state index is -0.449. The number of nitrogens with one attached hydrogen (secondary N) is 2. The number of thiazole rings is 1. The SMILES string of the molecule is O=C(/C=C/c1ccc(-c2ccccc2)s1)NNC(=O)c1csc(N2CCOCC2)n1. The van der Waals surface area contributed by atoms with Crippen LogP contribution >= 0.6 is 22.7 Å². The van der Waals surface area contributed by atoms with Crippen LogP contribution < -0.4 is 15.8 Å². The van der Waals surface area contributed by atoms with Gasteiger partial charge >= 0.3 is 0 Å². The molecule has 0 bridgehead atoms. The van der Waals surface area contributed by atoms with Crippen LogP contribution in [0, 0.1) is 0 Å². The molecular weight excluding hydrogens is 420 g/mol. The van der Waals surface area contributed by atoms with Crippen LogP contribution in [0.1, 0.15) is 15.4 Å². The predicted molar refractivity (Wildman–Crippen MR) is 120 cm³/mol. The molecule has 4 rings (SSSR count). The van der Waals surface area contributed by atoms with Crippen LogP contribution in [0.5, 0.6) is 0 Å². The topological polar surface area (TPSA) is 83.6 Å². The van der Waals surface area contributed by atoms with E-state index in [1.54, 1.807) is 22.8 Å². The normalized spacial score (nSPS) is 14.1. The lowest BCUT2D eigenvalue weighted by molar-refractivity contribution is -0.117. The number of anilines is 1. The maximum atomic E-state index is 12.2. The molecule has 2 aromatic heterocycles. The molecule has 1 aliphatic heterocycles. The third-order valence-corrected chi connectivity index (χ3v) is 6.39. The molecule has 7 nitrogen and oxygen atoms in total. The summed E-state index contributed by atoms with van der Waals surface area (Å²) >= 11 is 2.99. The van der Waals surface area contributed by atoms with E-state index in [0.29, 0.717) is 13.2 Å². The Balaban J connectivity index is 1.28. The van der Waals surface area contributed by atoms with E-state index in [1.807, 2.05) is 42.5 Å². The molecule has 0 saturated carbocycles. The Bertz CT molecular complexity index is 1040. The minimum Gasteiger partial charge on any atom is -0.378 e. The van der Waals surface area contributed by atoms with Gasteiger partial charge in [-0.05, 0) is 23.8 Å². The van der Waals surface area contributed by atoms with Crippen molar-refractivity contribution in [2.45, 2.75) is 0 Å². The Kier molecular flexibility index (Phi) is 6.53. The third-order valence-electron chi connectivity index (χ3n) is 4.39. The number of ether oxygens (including phenoxy) is 1. The van der Waals surface area contributed by atoms with Crippen LogP contribution in [0.25, 0.3) is 16.5 Å². The second-order valence-electron chi connectivity index (χ2n) is 6.46. The summed E-state index contributed by atoms with van der Waals surface area (Å²) in [5.41, 5.74) is 6.20. The van der Waals surface area contributed by atoms with Gasteiger partial charge < -0.3 is 9.64 Å². The Morgan fingerprint density at radius 3 is 2.67 bits per heavy atom. The zero-order chi connectivity index (χ0) is 20.8. The standard InChI is InChI=1S/C21H20N4O3S2/c26-19(9-7-16-6-8-18(30-16)15-4-2-1-3-5-15)23-24-20(27)17-14-29-21(22-17)25-10-12-28-13-11-25/h1-9,14H,10-13H2,(H,23,26)(H,24,27)/b9-7+. The summed E-state index contributed by atoms with van der Waals surface area (Å²) in [7, 11) is 0. The first-order valence-electron chi connectivity index (χ1n) is 9.41. The van der Waals surface area contributed by atoms with Crippen molar-refractivity contribution < 1.29 is 14.3 Å². The largest absolute Gasteiger partial charge is 0.378 e. The first-order valence-corrected chi connectivity index (χ1v) is 11.1. The van der Waals surface area contributed by atoms with Gasteiger partial charge in [-0.2, -0.15) is 0 Å². The summed E-state index contributed by atoms with van der Waals surface area (Å²) in [4.78, 5) is 32.8. The van der Waals surface area contributed by atoms with Crippen LogP contribution in [0.2, 0.25) is 0 Å². The number of hydrogen-bond donors (Lipinski definition) is 2. The average molecular weight is 441 g/mol. The van der Waals surface area contributed by atoms with E-state index in [-0.39, 0.29) is 5.69 Å². The highest BCUT2D eigenvalue weighted by Gasteiger charge is 2.17. The highest BCUT2D eigenvalue weighted by Crippen LogP contribution is 2.28. The molecule has 2 N–H and O–H groups in total. The van der Waals surface area contributed by atoms with Gasteiger partial charge in [0.1, 0.15) is 5.69 Å². The molecule has 0 unspecified atom stereocenters. The number of carbonyl (C=O) groups is 2. The molecule has 1 saturated heterocycles. The summed E-state index contributed by atoms with van der Waals surface area (Å²) < 4.78 is 5.32. The van der Waals surface area contributed by atoms with Gasteiger partial charge in [0, 0.05) is 34.3 Å². The van der Waals surface area contributed by atoms with Crippen molar-refractivity contribution in [3.05, 3.63) is 64.5 Å². The quantitative estimate of drug-likeness (QED) is 0.470.